The van der Waals surface area contributed by atoms with Gasteiger partial charge >= 0.3 is 0 Å². The fraction of sp³-hybridized carbons (Fsp3) is 0. The standard InChI is InChI=1S/C18H11ClN2O/c19-15-10-14(18(22)17-13(15)6-3-8-20-17)16-12-5-2-1-4-11(12)7-9-21-16/h1-10,22H. The van der Waals surface area contributed by atoms with Gasteiger partial charge in [-0.2, -0.15) is 0 Å². The highest BCUT2D eigenvalue weighted by molar-refractivity contribution is 6.36. The molecule has 0 bridgehead atoms. The van der Waals surface area contributed by atoms with Gasteiger partial charge < -0.3 is 5.11 Å². The van der Waals surface area contributed by atoms with Crippen LogP contribution in [0.1, 0.15) is 0 Å². The van der Waals surface area contributed by atoms with Crippen molar-refractivity contribution in [1.82, 2.24) is 9.97 Å². The number of aromatic nitrogens is 2. The summed E-state index contributed by atoms with van der Waals surface area (Å²) in [6.45, 7) is 0. The smallest absolute Gasteiger partial charge is 0.151 e. The number of pyridine rings is 2. The first kappa shape index (κ1) is 13.0. The third kappa shape index (κ3) is 1.90. The molecule has 4 heteroatoms. The van der Waals surface area contributed by atoms with Gasteiger partial charge in [-0.05, 0) is 29.7 Å². The summed E-state index contributed by atoms with van der Waals surface area (Å²) >= 11 is 6.36. The van der Waals surface area contributed by atoms with Crippen molar-refractivity contribution in [2.75, 3.05) is 0 Å². The lowest BCUT2D eigenvalue weighted by molar-refractivity contribution is 0.482. The predicted octanol–water partition coefficient (Wildman–Crippen LogP) is 4.81. The normalized spacial score (nSPS) is 11.1. The van der Waals surface area contributed by atoms with E-state index in [2.05, 4.69) is 9.97 Å². The van der Waals surface area contributed by atoms with E-state index in [1.165, 1.54) is 0 Å². The van der Waals surface area contributed by atoms with E-state index in [0.29, 0.717) is 21.8 Å². The first-order valence-corrected chi connectivity index (χ1v) is 7.24. The van der Waals surface area contributed by atoms with Crippen molar-refractivity contribution in [3.8, 4) is 17.0 Å². The van der Waals surface area contributed by atoms with Gasteiger partial charge in [0.05, 0.1) is 10.7 Å². The van der Waals surface area contributed by atoms with E-state index in [9.17, 15) is 5.11 Å². The van der Waals surface area contributed by atoms with Crippen LogP contribution in [-0.4, -0.2) is 15.1 Å². The van der Waals surface area contributed by atoms with E-state index in [1.807, 2.05) is 36.4 Å². The molecular formula is C18H11ClN2O. The molecule has 3 nitrogen and oxygen atoms in total. The molecule has 2 heterocycles. The zero-order chi connectivity index (χ0) is 15.1. The molecule has 0 atom stereocenters. The van der Waals surface area contributed by atoms with Crippen molar-refractivity contribution in [1.29, 1.82) is 0 Å². The number of hydrogen-bond acceptors (Lipinski definition) is 3. The molecule has 0 saturated heterocycles. The molecule has 0 saturated carbocycles. The van der Waals surface area contributed by atoms with Crippen LogP contribution in [0.15, 0.2) is 60.9 Å². The van der Waals surface area contributed by atoms with Crippen LogP contribution in [0.2, 0.25) is 5.02 Å². The Morgan fingerprint density at radius 2 is 1.68 bits per heavy atom. The number of nitrogens with zero attached hydrogens (tertiary/aromatic N) is 2. The summed E-state index contributed by atoms with van der Waals surface area (Å²) in [5.74, 6) is 0.101. The van der Waals surface area contributed by atoms with E-state index in [-0.39, 0.29) is 5.75 Å². The van der Waals surface area contributed by atoms with Gasteiger partial charge in [0.2, 0.25) is 0 Å². The van der Waals surface area contributed by atoms with Crippen LogP contribution in [0.3, 0.4) is 0 Å². The van der Waals surface area contributed by atoms with E-state index in [1.54, 1.807) is 24.5 Å². The van der Waals surface area contributed by atoms with E-state index >= 15 is 0 Å². The van der Waals surface area contributed by atoms with Crippen LogP contribution in [0.4, 0.5) is 0 Å². The zero-order valence-corrected chi connectivity index (χ0v) is 12.2. The minimum Gasteiger partial charge on any atom is -0.505 e. The topological polar surface area (TPSA) is 46.0 Å². The minimum atomic E-state index is 0.101. The molecule has 22 heavy (non-hydrogen) atoms. The third-order valence-electron chi connectivity index (χ3n) is 3.74. The molecule has 0 amide bonds. The quantitative estimate of drug-likeness (QED) is 0.549. The molecule has 106 valence electrons. The van der Waals surface area contributed by atoms with E-state index < -0.39 is 0 Å². The van der Waals surface area contributed by atoms with Gasteiger partial charge in [0.1, 0.15) is 5.52 Å². The minimum absolute atomic E-state index is 0.101. The Bertz CT molecular complexity index is 1010. The second-order valence-electron chi connectivity index (χ2n) is 5.03. The number of phenolic OH excluding ortho intramolecular Hbond substituents is 1. The fourth-order valence-corrected chi connectivity index (χ4v) is 2.96. The van der Waals surface area contributed by atoms with Crippen LogP contribution in [0.5, 0.6) is 5.75 Å². The SMILES string of the molecule is Oc1c(-c2nccc3ccccc23)cc(Cl)c2cccnc12. The lowest BCUT2D eigenvalue weighted by Gasteiger charge is -2.11. The van der Waals surface area contributed by atoms with Gasteiger partial charge in [-0.3, -0.25) is 9.97 Å². The Balaban J connectivity index is 2.11. The van der Waals surface area contributed by atoms with Gasteiger partial charge in [-0.25, -0.2) is 0 Å². The maximum Gasteiger partial charge on any atom is 0.151 e. The van der Waals surface area contributed by atoms with Crippen LogP contribution in [0, 0.1) is 0 Å². The number of benzene rings is 2. The summed E-state index contributed by atoms with van der Waals surface area (Å²) in [5, 5.41) is 13.9. The van der Waals surface area contributed by atoms with E-state index in [0.717, 1.165) is 16.2 Å². The zero-order valence-electron chi connectivity index (χ0n) is 11.5. The summed E-state index contributed by atoms with van der Waals surface area (Å²) in [6, 6.07) is 15.2. The molecule has 0 fully saturated rings. The molecule has 2 aromatic carbocycles. The Kier molecular flexibility index (Phi) is 2.94. The highest BCUT2D eigenvalue weighted by atomic mass is 35.5. The highest BCUT2D eigenvalue weighted by Crippen LogP contribution is 2.40. The first-order valence-electron chi connectivity index (χ1n) is 6.86. The maximum atomic E-state index is 10.6. The Hall–Kier alpha value is -2.65. The molecule has 1 N–H and O–H groups in total. The summed E-state index contributed by atoms with van der Waals surface area (Å²) in [7, 11) is 0. The maximum absolute atomic E-state index is 10.6. The Labute approximate surface area is 131 Å². The number of fused-ring (bicyclic) bond motifs is 2. The average molecular weight is 307 g/mol. The average Bonchev–Trinajstić information content (AvgIpc) is 2.58. The van der Waals surface area contributed by atoms with Crippen molar-refractivity contribution in [3.05, 3.63) is 65.9 Å². The first-order chi connectivity index (χ1) is 10.8. The number of phenols is 1. The van der Waals surface area contributed by atoms with E-state index in [4.69, 9.17) is 11.6 Å². The number of halogens is 1. The number of rotatable bonds is 1. The molecule has 0 aliphatic carbocycles. The largest absolute Gasteiger partial charge is 0.505 e. The molecule has 0 aliphatic rings. The van der Waals surface area contributed by atoms with Crippen LogP contribution >= 0.6 is 11.6 Å². The molecule has 4 rings (SSSR count). The van der Waals surface area contributed by atoms with Crippen LogP contribution in [-0.2, 0) is 0 Å². The number of hydrogen-bond donors (Lipinski definition) is 1. The Morgan fingerprint density at radius 1 is 0.864 bits per heavy atom. The van der Waals surface area contributed by atoms with Crippen molar-refractivity contribution in [2.45, 2.75) is 0 Å². The third-order valence-corrected chi connectivity index (χ3v) is 4.06. The summed E-state index contributed by atoms with van der Waals surface area (Å²) in [4.78, 5) is 8.69. The molecule has 0 aliphatic heterocycles. The molecular weight excluding hydrogens is 296 g/mol. The number of aromatic hydroxyl groups is 1. The molecule has 4 aromatic rings. The molecule has 0 spiro atoms. The second-order valence-corrected chi connectivity index (χ2v) is 5.44. The molecule has 0 unspecified atom stereocenters. The van der Waals surface area contributed by atoms with Crippen molar-refractivity contribution >= 4 is 33.3 Å². The monoisotopic (exact) mass is 306 g/mol. The van der Waals surface area contributed by atoms with Gasteiger partial charge in [-0.1, -0.05) is 35.9 Å². The fourth-order valence-electron chi connectivity index (χ4n) is 2.70. The van der Waals surface area contributed by atoms with Gasteiger partial charge in [0.25, 0.3) is 0 Å². The summed E-state index contributed by atoms with van der Waals surface area (Å²) in [5.41, 5.74) is 1.78. The van der Waals surface area contributed by atoms with Crippen molar-refractivity contribution < 1.29 is 5.11 Å². The van der Waals surface area contributed by atoms with Gasteiger partial charge in [-0.15, -0.1) is 0 Å². The van der Waals surface area contributed by atoms with Gasteiger partial charge in [0.15, 0.2) is 5.75 Å². The summed E-state index contributed by atoms with van der Waals surface area (Å²) in [6.07, 6.45) is 3.37. The Morgan fingerprint density at radius 3 is 2.59 bits per heavy atom. The van der Waals surface area contributed by atoms with Gasteiger partial charge in [0, 0.05) is 28.7 Å². The van der Waals surface area contributed by atoms with Crippen molar-refractivity contribution in [2.24, 2.45) is 0 Å². The lowest BCUT2D eigenvalue weighted by atomic mass is 10.0. The molecule has 2 aromatic heterocycles. The van der Waals surface area contributed by atoms with Crippen LogP contribution in [0.25, 0.3) is 32.9 Å². The second kappa shape index (κ2) is 4.97. The van der Waals surface area contributed by atoms with Crippen molar-refractivity contribution in [3.63, 3.8) is 0 Å². The predicted molar refractivity (Wildman–Crippen MR) is 89.2 cm³/mol. The molecule has 0 radical (unpaired) electrons. The van der Waals surface area contributed by atoms with Crippen LogP contribution < -0.4 is 0 Å². The lowest BCUT2D eigenvalue weighted by Crippen LogP contribution is -1.89. The highest BCUT2D eigenvalue weighted by Gasteiger charge is 2.15. The summed E-state index contributed by atoms with van der Waals surface area (Å²) < 4.78 is 0.